The largest absolute Gasteiger partial charge is 0.489 e. The normalized spacial score (nSPS) is 16.3. The molecule has 1 N–H and O–H groups in total. The fourth-order valence-electron chi connectivity index (χ4n) is 3.09. The van der Waals surface area contributed by atoms with Gasteiger partial charge in [-0.1, -0.05) is 42.5 Å². The molecular formula is C20H23N3O. The molecule has 4 heteroatoms. The molecule has 0 bridgehead atoms. The summed E-state index contributed by atoms with van der Waals surface area (Å²) in [5, 5.41) is 12.6. The molecule has 24 heavy (non-hydrogen) atoms. The maximum Gasteiger partial charge on any atom is 0.120 e. The number of benzene rings is 2. The van der Waals surface area contributed by atoms with Gasteiger partial charge in [0.2, 0.25) is 0 Å². The molecule has 3 rings (SSSR count). The van der Waals surface area contributed by atoms with E-state index in [9.17, 15) is 5.26 Å². The average Bonchev–Trinajstić information content (AvgIpc) is 2.66. The van der Waals surface area contributed by atoms with E-state index in [0.717, 1.165) is 43.1 Å². The zero-order chi connectivity index (χ0) is 16.6. The van der Waals surface area contributed by atoms with Crippen molar-refractivity contribution >= 4 is 0 Å². The molecule has 2 aromatic rings. The fourth-order valence-corrected chi connectivity index (χ4v) is 3.09. The summed E-state index contributed by atoms with van der Waals surface area (Å²) >= 11 is 0. The van der Waals surface area contributed by atoms with Gasteiger partial charge in [0.1, 0.15) is 12.4 Å². The van der Waals surface area contributed by atoms with Crippen molar-refractivity contribution in [2.75, 3.05) is 26.2 Å². The highest BCUT2D eigenvalue weighted by Gasteiger charge is 2.22. The lowest BCUT2D eigenvalue weighted by Gasteiger charge is -2.34. The van der Waals surface area contributed by atoms with E-state index >= 15 is 0 Å². The van der Waals surface area contributed by atoms with Crippen LogP contribution < -0.4 is 10.1 Å². The second kappa shape index (κ2) is 8.49. The van der Waals surface area contributed by atoms with Crippen LogP contribution in [0.2, 0.25) is 0 Å². The Bertz CT molecular complexity index is 675. The Kier molecular flexibility index (Phi) is 5.84. The molecule has 4 nitrogen and oxygen atoms in total. The van der Waals surface area contributed by atoms with Gasteiger partial charge in [0.05, 0.1) is 12.5 Å². The van der Waals surface area contributed by atoms with E-state index in [4.69, 9.17) is 4.74 Å². The van der Waals surface area contributed by atoms with Crippen LogP contribution in [0.25, 0.3) is 0 Å². The molecule has 1 heterocycles. The Morgan fingerprint density at radius 2 is 1.88 bits per heavy atom. The minimum absolute atomic E-state index is 0.136. The molecule has 1 atom stereocenters. The summed E-state index contributed by atoms with van der Waals surface area (Å²) in [6.07, 6.45) is 0.502. The molecule has 0 aliphatic carbocycles. The molecule has 0 amide bonds. The predicted octanol–water partition coefficient (Wildman–Crippen LogP) is 3.13. The molecule has 0 unspecified atom stereocenters. The summed E-state index contributed by atoms with van der Waals surface area (Å²) in [5.74, 6) is 0.856. The Labute approximate surface area is 143 Å². The van der Waals surface area contributed by atoms with Crippen LogP contribution in [0.4, 0.5) is 0 Å². The third-order valence-electron chi connectivity index (χ3n) is 4.37. The van der Waals surface area contributed by atoms with Crippen molar-refractivity contribution in [3.63, 3.8) is 0 Å². The Morgan fingerprint density at radius 3 is 2.62 bits per heavy atom. The Hall–Kier alpha value is -2.35. The van der Waals surface area contributed by atoms with Gasteiger partial charge in [-0.15, -0.1) is 0 Å². The monoisotopic (exact) mass is 321 g/mol. The first-order valence-corrected chi connectivity index (χ1v) is 8.45. The molecule has 1 saturated heterocycles. The van der Waals surface area contributed by atoms with Crippen molar-refractivity contribution < 1.29 is 4.74 Å². The van der Waals surface area contributed by atoms with Gasteiger partial charge in [0.25, 0.3) is 0 Å². The predicted molar refractivity (Wildman–Crippen MR) is 94.6 cm³/mol. The maximum absolute atomic E-state index is 9.23. The fraction of sp³-hybridized carbons (Fsp3) is 0.350. The number of nitriles is 1. The van der Waals surface area contributed by atoms with Gasteiger partial charge < -0.3 is 10.1 Å². The number of nitrogens with one attached hydrogen (secondary N) is 1. The Balaban J connectivity index is 1.71. The summed E-state index contributed by atoms with van der Waals surface area (Å²) in [5.41, 5.74) is 2.31. The molecule has 0 spiro atoms. The number of piperazine rings is 1. The lowest BCUT2D eigenvalue weighted by molar-refractivity contribution is 0.175. The van der Waals surface area contributed by atoms with Crippen LogP contribution in [0.5, 0.6) is 5.75 Å². The van der Waals surface area contributed by atoms with Crippen LogP contribution in [0.15, 0.2) is 54.6 Å². The maximum atomic E-state index is 9.23. The average molecular weight is 321 g/mol. The van der Waals surface area contributed by atoms with Crippen LogP contribution in [0.3, 0.4) is 0 Å². The molecule has 0 aromatic heterocycles. The third-order valence-corrected chi connectivity index (χ3v) is 4.37. The van der Waals surface area contributed by atoms with Gasteiger partial charge >= 0.3 is 0 Å². The van der Waals surface area contributed by atoms with Gasteiger partial charge in [-0.3, -0.25) is 4.90 Å². The molecule has 2 aromatic carbocycles. The molecule has 0 saturated carbocycles. The molecule has 1 fully saturated rings. The second-order valence-corrected chi connectivity index (χ2v) is 6.01. The van der Waals surface area contributed by atoms with Gasteiger partial charge in [-0.05, 0) is 23.3 Å². The van der Waals surface area contributed by atoms with Crippen molar-refractivity contribution in [3.8, 4) is 11.8 Å². The van der Waals surface area contributed by atoms with Gasteiger partial charge in [-0.2, -0.15) is 5.26 Å². The highest BCUT2D eigenvalue weighted by molar-refractivity contribution is 5.31. The number of rotatable bonds is 6. The van der Waals surface area contributed by atoms with E-state index in [1.807, 2.05) is 30.3 Å². The van der Waals surface area contributed by atoms with Gasteiger partial charge in [-0.25, -0.2) is 0 Å². The zero-order valence-corrected chi connectivity index (χ0v) is 13.8. The van der Waals surface area contributed by atoms with E-state index < -0.39 is 0 Å². The van der Waals surface area contributed by atoms with Crippen LogP contribution in [0.1, 0.15) is 23.6 Å². The summed E-state index contributed by atoms with van der Waals surface area (Å²) in [4.78, 5) is 2.38. The standard InChI is InChI=1S/C20H23N3O/c21-10-9-20(23-13-11-22-12-14-23)18-7-4-8-19(15-18)24-16-17-5-2-1-3-6-17/h1-8,15,20,22H,9,11-14,16H2/t20-/m0/s1. The highest BCUT2D eigenvalue weighted by Crippen LogP contribution is 2.27. The van der Waals surface area contributed by atoms with Crippen molar-refractivity contribution in [1.29, 1.82) is 5.26 Å². The minimum atomic E-state index is 0.136. The lowest BCUT2D eigenvalue weighted by atomic mass is 10.0. The first kappa shape index (κ1) is 16.5. The summed E-state index contributed by atoms with van der Waals surface area (Å²) in [6, 6.07) is 20.8. The quantitative estimate of drug-likeness (QED) is 0.888. The van der Waals surface area contributed by atoms with Gasteiger partial charge in [0, 0.05) is 32.2 Å². The molecule has 1 aliphatic heterocycles. The minimum Gasteiger partial charge on any atom is -0.489 e. The second-order valence-electron chi connectivity index (χ2n) is 6.01. The number of ether oxygens (including phenoxy) is 1. The van der Waals surface area contributed by atoms with Gasteiger partial charge in [0.15, 0.2) is 0 Å². The van der Waals surface area contributed by atoms with Crippen molar-refractivity contribution in [2.45, 2.75) is 19.1 Å². The summed E-state index contributed by atoms with van der Waals surface area (Å²) < 4.78 is 5.93. The molecular weight excluding hydrogens is 298 g/mol. The summed E-state index contributed by atoms with van der Waals surface area (Å²) in [6.45, 7) is 4.46. The van der Waals surface area contributed by atoms with E-state index in [1.165, 1.54) is 0 Å². The van der Waals surface area contributed by atoms with Crippen LogP contribution in [-0.2, 0) is 6.61 Å². The van der Waals surface area contributed by atoms with E-state index in [2.05, 4.69) is 40.6 Å². The number of hydrogen-bond donors (Lipinski definition) is 1. The van der Waals surface area contributed by atoms with E-state index in [-0.39, 0.29) is 6.04 Å². The van der Waals surface area contributed by atoms with E-state index in [1.54, 1.807) is 0 Å². The first-order chi connectivity index (χ1) is 11.9. The SMILES string of the molecule is N#CC[C@@H](c1cccc(OCc2ccccc2)c1)N1CCNCC1. The smallest absolute Gasteiger partial charge is 0.120 e. The number of hydrogen-bond acceptors (Lipinski definition) is 4. The first-order valence-electron chi connectivity index (χ1n) is 8.45. The van der Waals surface area contributed by atoms with Crippen molar-refractivity contribution in [3.05, 3.63) is 65.7 Å². The van der Waals surface area contributed by atoms with Crippen LogP contribution >= 0.6 is 0 Å². The van der Waals surface area contributed by atoms with Crippen molar-refractivity contribution in [1.82, 2.24) is 10.2 Å². The van der Waals surface area contributed by atoms with Crippen molar-refractivity contribution in [2.24, 2.45) is 0 Å². The molecule has 1 aliphatic rings. The zero-order valence-electron chi connectivity index (χ0n) is 13.8. The lowest BCUT2D eigenvalue weighted by Crippen LogP contribution is -2.45. The highest BCUT2D eigenvalue weighted by atomic mass is 16.5. The number of nitrogens with zero attached hydrogens (tertiary/aromatic N) is 2. The molecule has 0 radical (unpaired) electrons. The third kappa shape index (κ3) is 4.35. The Morgan fingerprint density at radius 1 is 1.08 bits per heavy atom. The summed E-state index contributed by atoms with van der Waals surface area (Å²) in [7, 11) is 0. The topological polar surface area (TPSA) is 48.3 Å². The van der Waals surface area contributed by atoms with Crippen LogP contribution in [-0.4, -0.2) is 31.1 Å². The van der Waals surface area contributed by atoms with E-state index in [0.29, 0.717) is 13.0 Å². The van der Waals surface area contributed by atoms with Crippen LogP contribution in [0, 0.1) is 11.3 Å². The molecule has 124 valence electrons.